The number of amides is 16. The standard InChI is InChI=1S/C66H110N20O20S2/c1-9-33(6)48(81-52(93)37-17-12-20-70-37)60(101)79-44-31-108-107-30-43(57(98)77-41(28-88)55(96)73-38(18-13-21-71-65(68)69)53(94)76-42(29-89)56(97)75-40(24-32(4)5)63(104)85-22-14-16-36(85)27-87)78-61(102)49(34(7)10-2)83-66(106)80-46(90)26-72-62(103)51(67)84-54(95)39(25-47(91)92)74-59(100)45-19-15-23-86(45)64(105)50(35(8)11-3)82-58(44)99/h27,32-45,48-51,70,88-89H,9-26,28-31,67H2,1-8H3,(H,72,103)(H,73,96)(H,74,100)(H,75,97)(H,76,94)(H,77,98)(H,78,102)(H,79,101)(H,81,93)(H,82,99)(H,84,95)(H,91,92)(H4,68,69,71)(H2,80,83,90,106)/t33-,34-,35-,36-,37-,38-,39-,40-,41-,42-,43-,44-,45-,48-,49-,50-,51-/m0/s1. The quantitative estimate of drug-likeness (QED) is 0.0104. The van der Waals surface area contributed by atoms with E-state index < -0.39 is 235 Å². The highest BCUT2D eigenvalue weighted by Gasteiger charge is 2.44. The molecule has 108 heavy (non-hydrogen) atoms. The number of aliphatic carboxylic acids is 1. The Hall–Kier alpha value is -9.00. The Morgan fingerprint density at radius 3 is 1.86 bits per heavy atom. The van der Waals surface area contributed by atoms with E-state index >= 15 is 4.79 Å². The van der Waals surface area contributed by atoms with Gasteiger partial charge in [-0.05, 0) is 88.0 Å². The summed E-state index contributed by atoms with van der Waals surface area (Å²) in [6.07, 6.45) is 0.449. The lowest BCUT2D eigenvalue weighted by Gasteiger charge is -2.33. The highest BCUT2D eigenvalue weighted by atomic mass is 33.1. The maximum atomic E-state index is 15.0. The third-order valence-electron chi connectivity index (χ3n) is 18.9. The van der Waals surface area contributed by atoms with Gasteiger partial charge in [0.2, 0.25) is 76.8 Å². The molecular weight excluding hydrogens is 1460 g/mol. The van der Waals surface area contributed by atoms with Crippen molar-refractivity contribution in [3.8, 4) is 0 Å². The fraction of sp³-hybridized carbons (Fsp3) is 0.727. The molecule has 23 N–H and O–H groups in total. The summed E-state index contributed by atoms with van der Waals surface area (Å²) < 4.78 is 0. The summed E-state index contributed by atoms with van der Waals surface area (Å²) in [6, 6.07) is -20.1. The summed E-state index contributed by atoms with van der Waals surface area (Å²) in [7, 11) is 1.64. The first-order valence-corrected chi connectivity index (χ1v) is 38.8. The van der Waals surface area contributed by atoms with Crippen molar-refractivity contribution in [3.63, 3.8) is 0 Å². The van der Waals surface area contributed by atoms with Crippen LogP contribution in [0.1, 0.15) is 139 Å². The Morgan fingerprint density at radius 1 is 0.648 bits per heavy atom. The zero-order valence-corrected chi connectivity index (χ0v) is 63.8. The molecule has 0 aromatic carbocycles. The molecule has 0 aromatic heterocycles. The number of carbonyl (C=O) groups is 17. The van der Waals surface area contributed by atoms with Crippen LogP contribution < -0.4 is 91.6 Å². The number of aliphatic imine (C=N–C) groups is 1. The minimum Gasteiger partial charge on any atom is -0.481 e. The second-order valence-corrected chi connectivity index (χ2v) is 30.1. The van der Waals surface area contributed by atoms with Crippen molar-refractivity contribution in [2.75, 3.05) is 57.4 Å². The minimum atomic E-state index is -2.01. The van der Waals surface area contributed by atoms with Gasteiger partial charge in [-0.25, -0.2) is 4.79 Å². The Morgan fingerprint density at radius 2 is 1.26 bits per heavy atom. The van der Waals surface area contributed by atoms with E-state index in [1.165, 1.54) is 11.8 Å². The number of carboxylic acids is 1. The molecule has 0 spiro atoms. The third-order valence-corrected chi connectivity index (χ3v) is 21.3. The van der Waals surface area contributed by atoms with Crippen LogP contribution in [0.15, 0.2) is 4.99 Å². The van der Waals surface area contributed by atoms with Crippen LogP contribution in [-0.2, 0) is 76.7 Å². The van der Waals surface area contributed by atoms with Gasteiger partial charge in [-0.1, -0.05) is 96.2 Å². The number of guanidine groups is 1. The number of aldehydes is 1. The fourth-order valence-electron chi connectivity index (χ4n) is 12.1. The predicted molar refractivity (Wildman–Crippen MR) is 393 cm³/mol. The summed E-state index contributed by atoms with van der Waals surface area (Å²) in [4.78, 5) is 242. The van der Waals surface area contributed by atoms with Crippen molar-refractivity contribution >= 4 is 129 Å². The number of imide groups is 1. The lowest BCUT2D eigenvalue weighted by molar-refractivity contribution is -0.145. The molecule has 0 aliphatic carbocycles. The van der Waals surface area contributed by atoms with Crippen molar-refractivity contribution in [1.29, 1.82) is 0 Å². The minimum absolute atomic E-state index is 0.00566. The number of rotatable bonds is 30. The number of nitrogens with two attached hydrogens (primary N) is 3. The average Bonchev–Trinajstić information content (AvgIpc) is 1.63. The number of carboxylic acid groups (broad SMARTS) is 1. The number of fused-ring (bicyclic) bond motifs is 1. The van der Waals surface area contributed by atoms with E-state index in [9.17, 15) is 92.0 Å². The Labute approximate surface area is 633 Å². The lowest BCUT2D eigenvalue weighted by atomic mass is 9.96. The molecule has 0 radical (unpaired) electrons. The van der Waals surface area contributed by atoms with Gasteiger partial charge in [0.05, 0.1) is 38.3 Å². The molecule has 4 saturated heterocycles. The van der Waals surface area contributed by atoms with Crippen LogP contribution in [0.3, 0.4) is 0 Å². The Balaban J connectivity index is 1.79. The monoisotopic (exact) mass is 1570 g/mol. The van der Waals surface area contributed by atoms with Crippen LogP contribution >= 0.6 is 21.6 Å². The number of aliphatic hydroxyl groups is 2. The van der Waals surface area contributed by atoms with Crippen LogP contribution in [0, 0.1) is 23.7 Å². The Kier molecular flexibility index (Phi) is 38.7. The largest absolute Gasteiger partial charge is 0.481 e. The van der Waals surface area contributed by atoms with Gasteiger partial charge in [-0.15, -0.1) is 0 Å². The predicted octanol–water partition coefficient (Wildman–Crippen LogP) is -6.91. The zero-order valence-electron chi connectivity index (χ0n) is 62.2. The van der Waals surface area contributed by atoms with Crippen LogP contribution in [-0.4, -0.2) is 274 Å². The molecule has 4 aliphatic rings. The number of urea groups is 1. The first-order chi connectivity index (χ1) is 51.1. The van der Waals surface area contributed by atoms with Gasteiger partial charge >= 0.3 is 12.0 Å². The van der Waals surface area contributed by atoms with Crippen LogP contribution in [0.4, 0.5) is 4.79 Å². The zero-order chi connectivity index (χ0) is 80.6. The van der Waals surface area contributed by atoms with Crippen molar-refractivity contribution in [2.24, 2.45) is 45.9 Å². The topological polar surface area (TPSA) is 616 Å². The molecule has 40 nitrogen and oxygen atoms in total. The van der Waals surface area contributed by atoms with Gasteiger partial charge < -0.3 is 116 Å². The van der Waals surface area contributed by atoms with E-state index in [-0.39, 0.29) is 76.5 Å². The molecule has 0 saturated carbocycles. The van der Waals surface area contributed by atoms with Crippen LogP contribution in [0.5, 0.6) is 0 Å². The van der Waals surface area contributed by atoms with Crippen molar-refractivity contribution in [3.05, 3.63) is 0 Å². The maximum Gasteiger partial charge on any atom is 0.322 e. The number of likely N-dealkylation sites (tertiary alicyclic amines) is 1. The molecule has 606 valence electrons. The number of nitrogens with one attached hydrogen (secondary N) is 14. The van der Waals surface area contributed by atoms with E-state index in [2.05, 4.69) is 74.1 Å². The summed E-state index contributed by atoms with van der Waals surface area (Å²) in [6.45, 7) is 11.0. The molecular formula is C66H110N20O20S2. The third kappa shape index (κ3) is 28.5. The second-order valence-electron chi connectivity index (χ2n) is 27.6. The number of carbonyl (C=O) groups excluding carboxylic acids is 16. The second kappa shape index (κ2) is 45.7. The highest BCUT2D eigenvalue weighted by Crippen LogP contribution is 2.27. The van der Waals surface area contributed by atoms with Gasteiger partial charge in [0.1, 0.15) is 72.7 Å². The molecule has 42 heteroatoms. The van der Waals surface area contributed by atoms with Gasteiger partial charge in [0, 0.05) is 31.1 Å². The van der Waals surface area contributed by atoms with E-state index in [0.29, 0.717) is 44.9 Å². The molecule has 0 aromatic rings. The highest BCUT2D eigenvalue weighted by molar-refractivity contribution is 8.76. The van der Waals surface area contributed by atoms with E-state index in [1.807, 2.05) is 5.32 Å². The van der Waals surface area contributed by atoms with Crippen molar-refractivity contribution in [2.45, 2.75) is 224 Å². The van der Waals surface area contributed by atoms with E-state index in [1.54, 1.807) is 48.5 Å². The first-order valence-electron chi connectivity index (χ1n) is 36.3. The normalized spacial score (nSPS) is 24.8. The molecule has 4 heterocycles. The van der Waals surface area contributed by atoms with Crippen molar-refractivity contribution in [1.82, 2.24) is 84.2 Å². The number of aliphatic hydroxyl groups excluding tert-OH is 2. The smallest absolute Gasteiger partial charge is 0.322 e. The molecule has 17 atom stereocenters. The van der Waals surface area contributed by atoms with Gasteiger partial charge in [0.25, 0.3) is 5.91 Å². The summed E-state index contributed by atoms with van der Waals surface area (Å²) in [5.41, 5.74) is 17.0. The number of nitrogens with zero attached hydrogens (tertiary/aromatic N) is 3. The van der Waals surface area contributed by atoms with Gasteiger partial charge in [-0.2, -0.15) is 0 Å². The summed E-state index contributed by atoms with van der Waals surface area (Å²) in [5.74, 6) is -18.9. The molecule has 0 unspecified atom stereocenters. The van der Waals surface area contributed by atoms with Gasteiger partial charge in [-0.3, -0.25) is 82.2 Å². The fourth-order valence-corrected chi connectivity index (χ4v) is 14.4. The SMILES string of the molecule is CC[C@H](C)[C@@H]1NC(=O)NC(=O)CNC(=O)[C@@H](N)NC(=O)[C@H](CC(=O)O)NC(=O)[C@@H]2CCCN2C(=O)[C@H]([C@@H](C)CC)NC(=O)[C@@H](NC(=O)[C@@H](NC(=O)[C@@H]2CCCN2)[C@@H](C)CC)CSSC[C@@H](C(=O)N[C@@H](CO)C(=O)N[C@@H](CCCN=C(N)N)C(=O)N[C@@H](CO)C(=O)N[C@@H](CC(C)C)C(=O)N2CCC[C@H]2C=O)NC1=O. The maximum absolute atomic E-state index is 15.0. The van der Waals surface area contributed by atoms with Crippen molar-refractivity contribution < 1.29 is 96.8 Å². The molecule has 16 amide bonds. The first kappa shape index (κ1) is 91.4. The Bertz CT molecular complexity index is 3220. The summed E-state index contributed by atoms with van der Waals surface area (Å²) >= 11 is 0. The van der Waals surface area contributed by atoms with E-state index in [0.717, 1.165) is 26.5 Å². The number of hydrogen-bond donors (Lipinski definition) is 20. The molecule has 0 bridgehead atoms. The summed E-state index contributed by atoms with van der Waals surface area (Å²) in [5, 5.41) is 65.4. The lowest BCUT2D eigenvalue weighted by Crippen LogP contribution is -2.62. The van der Waals surface area contributed by atoms with Crippen LogP contribution in [0.2, 0.25) is 0 Å². The molecule has 4 rings (SSSR count). The van der Waals surface area contributed by atoms with Gasteiger partial charge in [0.15, 0.2) is 12.1 Å². The molecule has 4 aliphatic heterocycles. The molecule has 4 fully saturated rings. The number of hydrogen-bond acceptors (Lipinski definition) is 24. The van der Waals surface area contributed by atoms with Crippen LogP contribution in [0.25, 0.3) is 0 Å². The average molecular weight is 1570 g/mol. The van der Waals surface area contributed by atoms with E-state index in [4.69, 9.17) is 17.2 Å².